The van der Waals surface area contributed by atoms with Crippen LogP contribution in [0.3, 0.4) is 0 Å². The highest BCUT2D eigenvalue weighted by atomic mass is 35.5. The van der Waals surface area contributed by atoms with Gasteiger partial charge in [0.2, 0.25) is 5.78 Å². The topological polar surface area (TPSA) is 47.4 Å². The summed E-state index contributed by atoms with van der Waals surface area (Å²) in [6.45, 7) is 1.39. The van der Waals surface area contributed by atoms with E-state index < -0.39 is 0 Å². The quantitative estimate of drug-likeness (QED) is 0.769. The first-order chi connectivity index (χ1) is 10.0. The SMILES string of the molecule is COc1ccc(C(=O)c2c(Cl)cnn2CCN(C)C)cc1. The summed E-state index contributed by atoms with van der Waals surface area (Å²) in [6.07, 6.45) is 1.51. The van der Waals surface area contributed by atoms with Crippen molar-refractivity contribution in [3.05, 3.63) is 46.7 Å². The third-order valence-electron chi connectivity index (χ3n) is 3.12. The van der Waals surface area contributed by atoms with Crippen LogP contribution < -0.4 is 4.74 Å². The molecule has 0 saturated carbocycles. The molecule has 0 bridgehead atoms. The summed E-state index contributed by atoms with van der Waals surface area (Å²) in [5.74, 6) is 0.567. The number of methoxy groups -OCH3 is 1. The standard InChI is InChI=1S/C15H18ClN3O2/c1-18(2)8-9-19-14(13(16)10-17-19)15(20)11-4-6-12(21-3)7-5-11/h4-7,10H,8-9H2,1-3H3. The van der Waals surface area contributed by atoms with Crippen molar-refractivity contribution in [1.29, 1.82) is 0 Å². The third-order valence-corrected chi connectivity index (χ3v) is 3.40. The van der Waals surface area contributed by atoms with Crippen molar-refractivity contribution in [3.63, 3.8) is 0 Å². The van der Waals surface area contributed by atoms with Crippen LogP contribution in [0.2, 0.25) is 5.02 Å². The van der Waals surface area contributed by atoms with E-state index in [1.165, 1.54) is 6.20 Å². The second-order valence-corrected chi connectivity index (χ2v) is 5.33. The Morgan fingerprint density at radius 1 is 1.33 bits per heavy atom. The molecule has 6 heteroatoms. The summed E-state index contributed by atoms with van der Waals surface area (Å²) in [4.78, 5) is 14.6. The van der Waals surface area contributed by atoms with E-state index >= 15 is 0 Å². The molecule has 0 spiro atoms. The Morgan fingerprint density at radius 3 is 2.57 bits per heavy atom. The van der Waals surface area contributed by atoms with Gasteiger partial charge in [0.15, 0.2) is 0 Å². The van der Waals surface area contributed by atoms with Gasteiger partial charge >= 0.3 is 0 Å². The maximum atomic E-state index is 12.6. The van der Waals surface area contributed by atoms with Crippen LogP contribution >= 0.6 is 11.6 Å². The van der Waals surface area contributed by atoms with E-state index in [1.54, 1.807) is 36.1 Å². The molecule has 21 heavy (non-hydrogen) atoms. The minimum atomic E-state index is -0.140. The Hall–Kier alpha value is -1.85. The van der Waals surface area contributed by atoms with Crippen LogP contribution in [0.4, 0.5) is 0 Å². The number of aromatic nitrogens is 2. The van der Waals surface area contributed by atoms with Gasteiger partial charge < -0.3 is 9.64 Å². The van der Waals surface area contributed by atoms with Gasteiger partial charge in [-0.25, -0.2) is 0 Å². The highest BCUT2D eigenvalue weighted by Gasteiger charge is 2.19. The Balaban J connectivity index is 2.27. The number of hydrogen-bond acceptors (Lipinski definition) is 4. The Morgan fingerprint density at radius 2 is 2.00 bits per heavy atom. The molecule has 5 nitrogen and oxygen atoms in total. The van der Waals surface area contributed by atoms with Crippen molar-refractivity contribution in [3.8, 4) is 5.75 Å². The molecule has 0 aliphatic heterocycles. The summed E-state index contributed by atoms with van der Waals surface area (Å²) < 4.78 is 6.74. The molecule has 1 aromatic heterocycles. The van der Waals surface area contributed by atoms with Gasteiger partial charge in [0.1, 0.15) is 11.4 Å². The summed E-state index contributed by atoms with van der Waals surface area (Å²) in [5.41, 5.74) is 0.980. The molecule has 1 heterocycles. The van der Waals surface area contributed by atoms with Crippen LogP contribution in [0.15, 0.2) is 30.5 Å². The molecule has 0 atom stereocenters. The zero-order valence-corrected chi connectivity index (χ0v) is 13.1. The summed E-state index contributed by atoms with van der Waals surface area (Å²) in [6, 6.07) is 6.95. The van der Waals surface area contributed by atoms with Crippen molar-refractivity contribution >= 4 is 17.4 Å². The van der Waals surface area contributed by atoms with Gasteiger partial charge in [0.05, 0.1) is 24.9 Å². The lowest BCUT2D eigenvalue weighted by atomic mass is 10.1. The van der Waals surface area contributed by atoms with Crippen LogP contribution in [0.1, 0.15) is 16.1 Å². The van der Waals surface area contributed by atoms with Crippen LogP contribution in [0.5, 0.6) is 5.75 Å². The predicted octanol–water partition coefficient (Wildman–Crippen LogP) is 2.34. The third kappa shape index (κ3) is 3.62. The number of halogens is 1. The maximum Gasteiger partial charge on any atom is 0.212 e. The Kier molecular flexibility index (Phi) is 4.98. The summed E-state index contributed by atoms with van der Waals surface area (Å²) in [5, 5.41) is 4.55. The largest absolute Gasteiger partial charge is 0.497 e. The smallest absolute Gasteiger partial charge is 0.212 e. The van der Waals surface area contributed by atoms with Gasteiger partial charge in [0, 0.05) is 12.1 Å². The molecule has 112 valence electrons. The average molecular weight is 308 g/mol. The molecular weight excluding hydrogens is 290 g/mol. The lowest BCUT2D eigenvalue weighted by Crippen LogP contribution is -2.21. The zero-order valence-electron chi connectivity index (χ0n) is 12.3. The Labute approximate surface area is 129 Å². The second-order valence-electron chi connectivity index (χ2n) is 4.93. The van der Waals surface area contributed by atoms with E-state index in [0.29, 0.717) is 28.6 Å². The molecule has 0 N–H and O–H groups in total. The molecule has 1 aromatic carbocycles. The van der Waals surface area contributed by atoms with Gasteiger partial charge in [-0.1, -0.05) is 11.6 Å². The van der Waals surface area contributed by atoms with E-state index in [9.17, 15) is 4.79 Å². The number of ketones is 1. The monoisotopic (exact) mass is 307 g/mol. The average Bonchev–Trinajstić information content (AvgIpc) is 2.85. The number of nitrogens with zero attached hydrogens (tertiary/aromatic N) is 3. The first kappa shape index (κ1) is 15.5. The molecule has 0 saturated heterocycles. The number of benzene rings is 1. The molecule has 2 aromatic rings. The fourth-order valence-corrected chi connectivity index (χ4v) is 2.16. The van der Waals surface area contributed by atoms with Crippen molar-refractivity contribution in [2.24, 2.45) is 0 Å². The molecule has 0 fully saturated rings. The molecule has 0 radical (unpaired) electrons. The second kappa shape index (κ2) is 6.74. The van der Waals surface area contributed by atoms with Gasteiger partial charge in [-0.3, -0.25) is 9.48 Å². The molecule has 0 aliphatic rings. The van der Waals surface area contributed by atoms with Crippen LogP contribution in [0.25, 0.3) is 0 Å². The van der Waals surface area contributed by atoms with Crippen LogP contribution in [0, 0.1) is 0 Å². The number of carbonyl (C=O) groups excluding carboxylic acids is 1. The molecule has 2 rings (SSSR count). The normalized spacial score (nSPS) is 10.9. The van der Waals surface area contributed by atoms with Crippen molar-refractivity contribution in [2.45, 2.75) is 6.54 Å². The fraction of sp³-hybridized carbons (Fsp3) is 0.333. The van der Waals surface area contributed by atoms with Gasteiger partial charge in [0.25, 0.3) is 0 Å². The van der Waals surface area contributed by atoms with Crippen molar-refractivity contribution < 1.29 is 9.53 Å². The number of ether oxygens (including phenoxy) is 1. The molecule has 0 aliphatic carbocycles. The number of rotatable bonds is 6. The summed E-state index contributed by atoms with van der Waals surface area (Å²) in [7, 11) is 5.52. The molecule has 0 amide bonds. The first-order valence-corrected chi connectivity index (χ1v) is 6.95. The zero-order chi connectivity index (χ0) is 15.4. The predicted molar refractivity (Wildman–Crippen MR) is 82.2 cm³/mol. The lowest BCUT2D eigenvalue weighted by Gasteiger charge is -2.12. The van der Waals surface area contributed by atoms with Gasteiger partial charge in [-0.05, 0) is 38.4 Å². The van der Waals surface area contributed by atoms with Gasteiger partial charge in [-0.15, -0.1) is 0 Å². The maximum absolute atomic E-state index is 12.6. The highest BCUT2D eigenvalue weighted by Crippen LogP contribution is 2.21. The fourth-order valence-electron chi connectivity index (χ4n) is 1.93. The minimum Gasteiger partial charge on any atom is -0.497 e. The summed E-state index contributed by atoms with van der Waals surface area (Å²) >= 11 is 6.12. The highest BCUT2D eigenvalue weighted by molar-refractivity contribution is 6.34. The van der Waals surface area contributed by atoms with Crippen molar-refractivity contribution in [2.75, 3.05) is 27.7 Å². The van der Waals surface area contributed by atoms with E-state index in [2.05, 4.69) is 5.10 Å². The van der Waals surface area contributed by atoms with Crippen molar-refractivity contribution in [1.82, 2.24) is 14.7 Å². The number of hydrogen-bond donors (Lipinski definition) is 0. The van der Waals surface area contributed by atoms with E-state index in [1.807, 2.05) is 19.0 Å². The van der Waals surface area contributed by atoms with E-state index in [4.69, 9.17) is 16.3 Å². The minimum absolute atomic E-state index is 0.140. The number of likely N-dealkylation sites (N-methyl/N-ethyl adjacent to an activating group) is 1. The Bertz CT molecular complexity index is 620. The van der Waals surface area contributed by atoms with Gasteiger partial charge in [-0.2, -0.15) is 5.10 Å². The molecule has 0 unspecified atom stereocenters. The van der Waals surface area contributed by atoms with Crippen LogP contribution in [-0.2, 0) is 6.54 Å². The number of carbonyl (C=O) groups is 1. The first-order valence-electron chi connectivity index (χ1n) is 6.57. The molecular formula is C15H18ClN3O2. The van der Waals surface area contributed by atoms with E-state index in [0.717, 1.165) is 6.54 Å². The van der Waals surface area contributed by atoms with Crippen LogP contribution in [-0.4, -0.2) is 48.2 Å². The van der Waals surface area contributed by atoms with E-state index in [-0.39, 0.29) is 5.78 Å². The lowest BCUT2D eigenvalue weighted by molar-refractivity contribution is 0.102.